The molecule has 1 atom stereocenters. The van der Waals surface area contributed by atoms with Gasteiger partial charge in [0.1, 0.15) is 12.4 Å². The molecular weight excluding hydrogens is 320 g/mol. The number of amides is 1. The van der Waals surface area contributed by atoms with Gasteiger partial charge in [0.05, 0.1) is 10.8 Å². The van der Waals surface area contributed by atoms with E-state index < -0.39 is 4.92 Å². The summed E-state index contributed by atoms with van der Waals surface area (Å²) in [5.74, 6) is 0.116. The van der Waals surface area contributed by atoms with Crippen molar-refractivity contribution in [1.82, 2.24) is 0 Å². The summed E-state index contributed by atoms with van der Waals surface area (Å²) < 4.78 is 5.58. The van der Waals surface area contributed by atoms with Crippen LogP contribution < -0.4 is 10.1 Å². The lowest BCUT2D eigenvalue weighted by molar-refractivity contribution is -0.384. The zero-order chi connectivity index (χ0) is 16.4. The smallest absolute Gasteiger partial charge is 0.271 e. The minimum absolute atomic E-state index is 0.0696. The number of nitrogens with zero attached hydrogens (tertiary/aromatic N) is 1. The van der Waals surface area contributed by atoms with Crippen molar-refractivity contribution in [2.45, 2.75) is 6.42 Å². The minimum Gasteiger partial charge on any atom is -0.492 e. The van der Waals surface area contributed by atoms with E-state index in [-0.39, 0.29) is 24.1 Å². The summed E-state index contributed by atoms with van der Waals surface area (Å²) in [5.41, 5.74) is 1.20. The molecule has 1 heterocycles. The van der Waals surface area contributed by atoms with Crippen molar-refractivity contribution in [2.75, 3.05) is 11.9 Å². The van der Waals surface area contributed by atoms with Crippen LogP contribution in [0.15, 0.2) is 42.5 Å². The number of nitrogens with one attached hydrogen (secondary N) is 1. The van der Waals surface area contributed by atoms with Crippen LogP contribution in [-0.4, -0.2) is 17.4 Å². The van der Waals surface area contributed by atoms with Crippen LogP contribution in [0.1, 0.15) is 5.56 Å². The van der Waals surface area contributed by atoms with Crippen LogP contribution >= 0.6 is 11.6 Å². The highest BCUT2D eigenvalue weighted by atomic mass is 35.5. The molecule has 6 nitrogen and oxygen atoms in total. The third kappa shape index (κ3) is 3.43. The van der Waals surface area contributed by atoms with Gasteiger partial charge in [-0.15, -0.1) is 0 Å². The van der Waals surface area contributed by atoms with Gasteiger partial charge in [-0.05, 0) is 36.2 Å². The van der Waals surface area contributed by atoms with E-state index in [0.29, 0.717) is 17.1 Å². The van der Waals surface area contributed by atoms with Crippen LogP contribution in [0.25, 0.3) is 0 Å². The maximum absolute atomic E-state index is 12.3. The summed E-state index contributed by atoms with van der Waals surface area (Å²) in [5, 5.41) is 14.1. The molecule has 1 aliphatic heterocycles. The normalized spacial score (nSPS) is 16.1. The second-order valence-electron chi connectivity index (χ2n) is 5.26. The molecule has 0 radical (unpaired) electrons. The Morgan fingerprint density at radius 1 is 1.30 bits per heavy atom. The number of fused-ring (bicyclic) bond motifs is 1. The molecule has 118 valence electrons. The fourth-order valence-electron chi connectivity index (χ4n) is 2.47. The van der Waals surface area contributed by atoms with Crippen LogP contribution in [0.2, 0.25) is 5.02 Å². The Bertz CT molecular complexity index is 778. The molecule has 1 amide bonds. The van der Waals surface area contributed by atoms with E-state index in [0.717, 1.165) is 11.3 Å². The van der Waals surface area contributed by atoms with Crippen molar-refractivity contribution in [1.29, 1.82) is 0 Å². The van der Waals surface area contributed by atoms with Gasteiger partial charge in [0, 0.05) is 22.8 Å². The van der Waals surface area contributed by atoms with E-state index in [4.69, 9.17) is 16.3 Å². The number of ether oxygens (including phenoxy) is 1. The third-order valence-corrected chi connectivity index (χ3v) is 3.86. The lowest BCUT2D eigenvalue weighted by Gasteiger charge is -2.24. The number of carbonyl (C=O) groups excluding carboxylic acids is 1. The predicted octanol–water partition coefficient (Wildman–Crippen LogP) is 3.44. The van der Waals surface area contributed by atoms with Gasteiger partial charge < -0.3 is 10.1 Å². The number of nitro groups is 1. The Hall–Kier alpha value is -2.60. The van der Waals surface area contributed by atoms with Crippen LogP contribution in [0.4, 0.5) is 11.4 Å². The Morgan fingerprint density at radius 2 is 2.13 bits per heavy atom. The first-order valence-electron chi connectivity index (χ1n) is 6.99. The maximum Gasteiger partial charge on any atom is 0.271 e. The van der Waals surface area contributed by atoms with E-state index in [1.54, 1.807) is 24.3 Å². The number of rotatable bonds is 3. The Labute approximate surface area is 137 Å². The highest BCUT2D eigenvalue weighted by Crippen LogP contribution is 2.30. The SMILES string of the molecule is O=C(Nc1cccc([N+](=O)[O-])c1)C1COc2ccc(Cl)cc2C1. The van der Waals surface area contributed by atoms with Gasteiger partial charge in [-0.1, -0.05) is 17.7 Å². The molecule has 0 bridgehead atoms. The number of benzene rings is 2. The van der Waals surface area contributed by atoms with Gasteiger partial charge in [0.25, 0.3) is 5.69 Å². The van der Waals surface area contributed by atoms with Crippen molar-refractivity contribution in [3.8, 4) is 5.75 Å². The van der Waals surface area contributed by atoms with Crippen LogP contribution in [-0.2, 0) is 11.2 Å². The minimum atomic E-state index is -0.502. The molecule has 0 aromatic heterocycles. The van der Waals surface area contributed by atoms with Gasteiger partial charge >= 0.3 is 0 Å². The number of carbonyl (C=O) groups is 1. The molecule has 2 aromatic carbocycles. The zero-order valence-corrected chi connectivity index (χ0v) is 12.7. The molecule has 23 heavy (non-hydrogen) atoms. The van der Waals surface area contributed by atoms with E-state index in [1.807, 2.05) is 0 Å². The largest absolute Gasteiger partial charge is 0.492 e. The van der Waals surface area contributed by atoms with E-state index >= 15 is 0 Å². The molecular formula is C16H13ClN2O4. The van der Waals surface area contributed by atoms with E-state index in [2.05, 4.69) is 5.32 Å². The zero-order valence-electron chi connectivity index (χ0n) is 12.0. The van der Waals surface area contributed by atoms with Gasteiger partial charge in [0.2, 0.25) is 5.91 Å². The second-order valence-corrected chi connectivity index (χ2v) is 5.70. The third-order valence-electron chi connectivity index (χ3n) is 3.62. The van der Waals surface area contributed by atoms with E-state index in [1.165, 1.54) is 18.2 Å². The monoisotopic (exact) mass is 332 g/mol. The molecule has 0 aliphatic carbocycles. The molecule has 0 saturated carbocycles. The highest BCUT2D eigenvalue weighted by Gasteiger charge is 2.26. The second kappa shape index (κ2) is 6.26. The predicted molar refractivity (Wildman–Crippen MR) is 85.9 cm³/mol. The maximum atomic E-state index is 12.3. The average molecular weight is 333 g/mol. The summed E-state index contributed by atoms with van der Waals surface area (Å²) in [6, 6.07) is 11.1. The van der Waals surface area contributed by atoms with Crippen molar-refractivity contribution in [2.24, 2.45) is 5.92 Å². The molecule has 0 saturated heterocycles. The first kappa shape index (κ1) is 15.3. The number of nitro benzene ring substituents is 1. The van der Waals surface area contributed by atoms with Crippen molar-refractivity contribution in [3.05, 3.63) is 63.2 Å². The number of hydrogen-bond acceptors (Lipinski definition) is 4. The molecule has 1 N–H and O–H groups in total. The molecule has 0 fully saturated rings. The van der Waals surface area contributed by atoms with Crippen LogP contribution in [0.5, 0.6) is 5.75 Å². The number of non-ortho nitro benzene ring substituents is 1. The lowest BCUT2D eigenvalue weighted by Crippen LogP contribution is -2.32. The molecule has 2 aromatic rings. The lowest BCUT2D eigenvalue weighted by atomic mass is 9.96. The average Bonchev–Trinajstić information content (AvgIpc) is 2.54. The summed E-state index contributed by atoms with van der Waals surface area (Å²) >= 11 is 5.96. The molecule has 1 aliphatic rings. The molecule has 1 unspecified atom stereocenters. The molecule has 7 heteroatoms. The van der Waals surface area contributed by atoms with E-state index in [9.17, 15) is 14.9 Å². The van der Waals surface area contributed by atoms with Gasteiger partial charge in [-0.25, -0.2) is 0 Å². The topological polar surface area (TPSA) is 81.5 Å². The Kier molecular flexibility index (Phi) is 4.16. The first-order valence-corrected chi connectivity index (χ1v) is 7.37. The van der Waals surface area contributed by atoms with Crippen molar-refractivity contribution >= 4 is 28.9 Å². The first-order chi connectivity index (χ1) is 11.0. The fraction of sp³-hybridized carbons (Fsp3) is 0.188. The van der Waals surface area contributed by atoms with Crippen molar-refractivity contribution in [3.63, 3.8) is 0 Å². The molecule has 0 spiro atoms. The quantitative estimate of drug-likeness (QED) is 0.689. The van der Waals surface area contributed by atoms with Gasteiger partial charge in [0.15, 0.2) is 0 Å². The van der Waals surface area contributed by atoms with Crippen molar-refractivity contribution < 1.29 is 14.5 Å². The Balaban J connectivity index is 1.72. The summed E-state index contributed by atoms with van der Waals surface area (Å²) in [7, 11) is 0. The molecule has 3 rings (SSSR count). The summed E-state index contributed by atoms with van der Waals surface area (Å²) in [6.07, 6.45) is 0.511. The fourth-order valence-corrected chi connectivity index (χ4v) is 2.67. The summed E-state index contributed by atoms with van der Waals surface area (Å²) in [4.78, 5) is 22.6. The summed E-state index contributed by atoms with van der Waals surface area (Å²) in [6.45, 7) is 0.259. The van der Waals surface area contributed by atoms with Crippen LogP contribution in [0.3, 0.4) is 0 Å². The number of anilines is 1. The number of hydrogen-bond donors (Lipinski definition) is 1. The Morgan fingerprint density at radius 3 is 2.91 bits per heavy atom. The van der Waals surface area contributed by atoms with Gasteiger partial charge in [-0.2, -0.15) is 0 Å². The number of halogens is 1. The van der Waals surface area contributed by atoms with Crippen LogP contribution in [0, 0.1) is 16.0 Å². The standard InChI is InChI=1S/C16H13ClN2O4/c17-12-4-5-15-10(7-12)6-11(9-23-15)16(20)18-13-2-1-3-14(8-13)19(21)22/h1-5,7-8,11H,6,9H2,(H,18,20). The highest BCUT2D eigenvalue weighted by molar-refractivity contribution is 6.30. The van der Waals surface area contributed by atoms with Gasteiger partial charge in [-0.3, -0.25) is 14.9 Å².